The van der Waals surface area contributed by atoms with Crippen LogP contribution in [0.25, 0.3) is 0 Å². The lowest BCUT2D eigenvalue weighted by atomic mass is 10.2. The van der Waals surface area contributed by atoms with Crippen molar-refractivity contribution < 1.29 is 22.9 Å². The zero-order valence-electron chi connectivity index (χ0n) is 15.7. The smallest absolute Gasteiger partial charge is 0.269 e. The van der Waals surface area contributed by atoms with Crippen molar-refractivity contribution in [3.05, 3.63) is 88.5 Å². The van der Waals surface area contributed by atoms with Gasteiger partial charge in [-0.3, -0.25) is 19.6 Å². The van der Waals surface area contributed by atoms with Gasteiger partial charge >= 0.3 is 0 Å². The Morgan fingerprint density at radius 3 is 2.37 bits per heavy atom. The molecular weight excluding hydrogens is 410 g/mol. The normalized spacial score (nSPS) is 10.8. The number of carbonyl (C=O) groups is 1. The first kappa shape index (κ1) is 20.8. The lowest BCUT2D eigenvalue weighted by Gasteiger charge is -2.12. The summed E-state index contributed by atoms with van der Waals surface area (Å²) in [6.07, 6.45) is 0. The number of nitro benzene ring substituents is 1. The molecular formula is C20H17N3O6S. The van der Waals surface area contributed by atoms with Crippen molar-refractivity contribution in [2.75, 3.05) is 17.1 Å². The second-order valence-electron chi connectivity index (χ2n) is 6.09. The molecule has 9 nitrogen and oxygen atoms in total. The molecule has 30 heavy (non-hydrogen) atoms. The van der Waals surface area contributed by atoms with Crippen LogP contribution < -0.4 is 14.8 Å². The molecule has 0 aliphatic heterocycles. The Labute approximate surface area is 172 Å². The number of rotatable bonds is 7. The molecule has 2 N–H and O–H groups in total. The fourth-order valence-electron chi connectivity index (χ4n) is 2.61. The molecule has 3 aromatic carbocycles. The van der Waals surface area contributed by atoms with Crippen LogP contribution in [0.2, 0.25) is 0 Å². The van der Waals surface area contributed by atoms with Gasteiger partial charge in [-0.15, -0.1) is 0 Å². The van der Waals surface area contributed by atoms with Crippen LogP contribution >= 0.6 is 0 Å². The zero-order chi connectivity index (χ0) is 21.7. The number of sulfonamides is 1. The minimum Gasteiger partial charge on any atom is -0.495 e. The number of ether oxygens (including phenoxy) is 1. The van der Waals surface area contributed by atoms with Crippen LogP contribution in [-0.4, -0.2) is 26.4 Å². The topological polar surface area (TPSA) is 128 Å². The largest absolute Gasteiger partial charge is 0.495 e. The van der Waals surface area contributed by atoms with E-state index in [1.807, 2.05) is 0 Å². The van der Waals surface area contributed by atoms with Crippen molar-refractivity contribution in [2.24, 2.45) is 0 Å². The van der Waals surface area contributed by atoms with Crippen LogP contribution in [0, 0.1) is 10.1 Å². The van der Waals surface area contributed by atoms with E-state index < -0.39 is 20.9 Å². The number of anilines is 2. The molecule has 0 unspecified atom stereocenters. The lowest BCUT2D eigenvalue weighted by Crippen LogP contribution is -2.15. The van der Waals surface area contributed by atoms with E-state index in [4.69, 9.17) is 4.74 Å². The molecule has 154 valence electrons. The van der Waals surface area contributed by atoms with Gasteiger partial charge in [-0.2, -0.15) is 0 Å². The summed E-state index contributed by atoms with van der Waals surface area (Å²) in [6, 6.07) is 17.4. The average Bonchev–Trinajstić information content (AvgIpc) is 2.74. The minimum absolute atomic E-state index is 0.0603. The summed E-state index contributed by atoms with van der Waals surface area (Å²) in [7, 11) is -2.51. The quantitative estimate of drug-likeness (QED) is 0.437. The van der Waals surface area contributed by atoms with Crippen molar-refractivity contribution in [1.82, 2.24) is 0 Å². The summed E-state index contributed by atoms with van der Waals surface area (Å²) in [5, 5.41) is 13.3. The van der Waals surface area contributed by atoms with Crippen molar-refractivity contribution in [1.29, 1.82) is 0 Å². The molecule has 0 atom stereocenters. The highest BCUT2D eigenvalue weighted by molar-refractivity contribution is 7.92. The summed E-state index contributed by atoms with van der Waals surface area (Å²) >= 11 is 0. The maximum Gasteiger partial charge on any atom is 0.269 e. The van der Waals surface area contributed by atoms with Crippen molar-refractivity contribution in [3.8, 4) is 5.75 Å². The molecule has 0 aliphatic carbocycles. The standard InChI is InChI=1S/C20H17N3O6S/c1-29-19-8-3-2-7-18(19)22-30(27,28)17-6-4-5-15(13-17)21-20(24)14-9-11-16(12-10-14)23(25)26/h2-13,22H,1H3,(H,21,24). The Balaban J connectivity index is 1.79. The molecule has 0 saturated heterocycles. The third kappa shape index (κ3) is 4.73. The predicted molar refractivity (Wildman–Crippen MR) is 111 cm³/mol. The van der Waals surface area contributed by atoms with Gasteiger partial charge in [0, 0.05) is 23.4 Å². The first-order valence-corrected chi connectivity index (χ1v) is 10.1. The van der Waals surface area contributed by atoms with Crippen LogP contribution in [0.15, 0.2) is 77.7 Å². The minimum atomic E-state index is -3.94. The third-order valence-corrected chi connectivity index (χ3v) is 5.46. The number of nitrogens with zero attached hydrogens (tertiary/aromatic N) is 1. The Bertz CT molecular complexity index is 1190. The summed E-state index contributed by atoms with van der Waals surface area (Å²) in [5.74, 6) is -0.166. The number of hydrogen-bond donors (Lipinski definition) is 2. The summed E-state index contributed by atoms with van der Waals surface area (Å²) in [4.78, 5) is 22.5. The van der Waals surface area contributed by atoms with Crippen molar-refractivity contribution in [2.45, 2.75) is 4.90 Å². The van der Waals surface area contributed by atoms with E-state index in [0.717, 1.165) is 0 Å². The highest BCUT2D eigenvalue weighted by Crippen LogP contribution is 2.27. The van der Waals surface area contributed by atoms with E-state index in [-0.39, 0.29) is 27.5 Å². The monoisotopic (exact) mass is 427 g/mol. The van der Waals surface area contributed by atoms with E-state index in [0.29, 0.717) is 5.75 Å². The van der Waals surface area contributed by atoms with Gasteiger partial charge < -0.3 is 10.1 Å². The van der Waals surface area contributed by atoms with Crippen molar-refractivity contribution in [3.63, 3.8) is 0 Å². The molecule has 3 rings (SSSR count). The average molecular weight is 427 g/mol. The summed E-state index contributed by atoms with van der Waals surface area (Å²) in [6.45, 7) is 0. The second-order valence-corrected chi connectivity index (χ2v) is 7.77. The van der Waals surface area contributed by atoms with Gasteiger partial charge in [0.05, 0.1) is 22.6 Å². The Kier molecular flexibility index (Phi) is 5.98. The molecule has 0 heterocycles. The first-order chi connectivity index (χ1) is 14.3. The number of nitrogens with one attached hydrogen (secondary N) is 2. The molecule has 3 aromatic rings. The second kappa shape index (κ2) is 8.62. The SMILES string of the molecule is COc1ccccc1NS(=O)(=O)c1cccc(NC(=O)c2ccc([N+](=O)[O-])cc2)c1. The Morgan fingerprint density at radius 1 is 1.00 bits per heavy atom. The van der Waals surface area contributed by atoms with E-state index in [1.54, 1.807) is 24.3 Å². The number of amides is 1. The van der Waals surface area contributed by atoms with Crippen LogP contribution in [0.4, 0.5) is 17.1 Å². The Morgan fingerprint density at radius 2 is 1.70 bits per heavy atom. The molecule has 0 saturated carbocycles. The van der Waals surface area contributed by atoms with E-state index >= 15 is 0 Å². The Hall–Kier alpha value is -3.92. The molecule has 0 radical (unpaired) electrons. The van der Waals surface area contributed by atoms with Gasteiger partial charge in [-0.1, -0.05) is 18.2 Å². The van der Waals surface area contributed by atoms with Gasteiger partial charge in [0.25, 0.3) is 21.6 Å². The van der Waals surface area contributed by atoms with Crippen molar-refractivity contribution >= 4 is 33.0 Å². The first-order valence-electron chi connectivity index (χ1n) is 8.62. The number of hydrogen-bond acceptors (Lipinski definition) is 6. The predicted octanol–water partition coefficient (Wildman–Crippen LogP) is 3.66. The molecule has 0 fully saturated rings. The maximum atomic E-state index is 12.7. The highest BCUT2D eigenvalue weighted by atomic mass is 32.2. The van der Waals surface area contributed by atoms with Crippen LogP contribution in [0.1, 0.15) is 10.4 Å². The van der Waals surface area contributed by atoms with Gasteiger partial charge in [-0.25, -0.2) is 8.42 Å². The number of benzene rings is 3. The molecule has 1 amide bonds. The molecule has 0 aliphatic rings. The molecule has 0 spiro atoms. The number of carbonyl (C=O) groups excluding carboxylic acids is 1. The summed E-state index contributed by atoms with van der Waals surface area (Å²) in [5.41, 5.74) is 0.588. The van der Waals surface area contributed by atoms with Gasteiger partial charge in [0.15, 0.2) is 0 Å². The number of methoxy groups -OCH3 is 1. The number of non-ortho nitro benzene ring substituents is 1. The van der Waals surface area contributed by atoms with Crippen LogP contribution in [-0.2, 0) is 10.0 Å². The zero-order valence-corrected chi connectivity index (χ0v) is 16.5. The fourth-order valence-corrected chi connectivity index (χ4v) is 3.73. The number of para-hydroxylation sites is 2. The number of nitro groups is 1. The molecule has 0 aromatic heterocycles. The van der Waals surface area contributed by atoms with E-state index in [2.05, 4.69) is 10.0 Å². The van der Waals surface area contributed by atoms with E-state index in [9.17, 15) is 23.3 Å². The maximum absolute atomic E-state index is 12.7. The van der Waals surface area contributed by atoms with E-state index in [1.165, 1.54) is 55.6 Å². The van der Waals surface area contributed by atoms with Gasteiger partial charge in [0.2, 0.25) is 0 Å². The lowest BCUT2D eigenvalue weighted by molar-refractivity contribution is -0.384. The summed E-state index contributed by atoms with van der Waals surface area (Å²) < 4.78 is 33.1. The van der Waals surface area contributed by atoms with Gasteiger partial charge in [-0.05, 0) is 42.5 Å². The van der Waals surface area contributed by atoms with Crippen LogP contribution in [0.3, 0.4) is 0 Å². The molecule has 10 heteroatoms. The van der Waals surface area contributed by atoms with Gasteiger partial charge in [0.1, 0.15) is 5.75 Å². The molecule has 0 bridgehead atoms. The third-order valence-electron chi connectivity index (χ3n) is 4.09. The fraction of sp³-hybridized carbons (Fsp3) is 0.0500. The van der Waals surface area contributed by atoms with Crippen LogP contribution in [0.5, 0.6) is 5.75 Å². The highest BCUT2D eigenvalue weighted by Gasteiger charge is 2.17.